The molecule has 3 nitrogen and oxygen atoms in total. The second-order valence-electron chi connectivity index (χ2n) is 4.16. The Kier molecular flexibility index (Phi) is 3.15. The summed E-state index contributed by atoms with van der Waals surface area (Å²) in [6.07, 6.45) is 1.94. The maximum Gasteiger partial charge on any atom is 0.266 e. The summed E-state index contributed by atoms with van der Waals surface area (Å²) in [5.41, 5.74) is 2.05. The number of anilines is 1. The molecule has 0 atom stereocenters. The van der Waals surface area contributed by atoms with E-state index in [-0.39, 0.29) is 5.56 Å². The smallest absolute Gasteiger partial charge is 0.266 e. The molecule has 0 N–H and O–H groups in total. The fourth-order valence-corrected chi connectivity index (χ4v) is 2.88. The van der Waals surface area contributed by atoms with Crippen molar-refractivity contribution in [3.8, 4) is 0 Å². The van der Waals surface area contributed by atoms with Crippen molar-refractivity contribution in [2.24, 2.45) is 7.05 Å². The van der Waals surface area contributed by atoms with Gasteiger partial charge in [0.2, 0.25) is 0 Å². The number of benzene rings is 1. The van der Waals surface area contributed by atoms with Gasteiger partial charge in [-0.1, -0.05) is 18.2 Å². The number of nitrogens with zero attached hydrogens (tertiary/aromatic N) is 2. The zero-order valence-corrected chi connectivity index (χ0v) is 11.3. The van der Waals surface area contributed by atoms with Crippen LogP contribution in [0.25, 0.3) is 10.9 Å². The third-order valence-corrected chi connectivity index (χ3v) is 3.66. The highest BCUT2D eigenvalue weighted by Gasteiger charge is 2.15. The largest absolute Gasteiger partial charge is 0.376 e. The van der Waals surface area contributed by atoms with Gasteiger partial charge in [-0.15, -0.1) is 11.8 Å². The van der Waals surface area contributed by atoms with Gasteiger partial charge in [0.05, 0.1) is 16.1 Å². The van der Waals surface area contributed by atoms with Crippen molar-refractivity contribution in [2.45, 2.75) is 4.90 Å². The van der Waals surface area contributed by atoms with Gasteiger partial charge in [-0.05, 0) is 12.3 Å². The second kappa shape index (κ2) is 4.45. The first-order valence-corrected chi connectivity index (χ1v) is 6.63. The van der Waals surface area contributed by atoms with Gasteiger partial charge in [-0.25, -0.2) is 0 Å². The average Bonchev–Trinajstić information content (AvgIpc) is 2.33. The van der Waals surface area contributed by atoms with E-state index in [1.807, 2.05) is 50.5 Å². The van der Waals surface area contributed by atoms with E-state index in [0.717, 1.165) is 21.5 Å². The van der Waals surface area contributed by atoms with E-state index in [2.05, 4.69) is 6.07 Å². The highest BCUT2D eigenvalue weighted by molar-refractivity contribution is 7.98. The van der Waals surface area contributed by atoms with Crippen LogP contribution in [0.3, 0.4) is 0 Å². The highest BCUT2D eigenvalue weighted by Crippen LogP contribution is 2.31. The van der Waals surface area contributed by atoms with Gasteiger partial charge >= 0.3 is 0 Å². The molecule has 1 aromatic heterocycles. The first-order valence-electron chi connectivity index (χ1n) is 5.41. The molecular formula is C13H16N2OS. The quantitative estimate of drug-likeness (QED) is 0.763. The van der Waals surface area contributed by atoms with Gasteiger partial charge in [0, 0.05) is 26.5 Å². The van der Waals surface area contributed by atoms with Crippen molar-refractivity contribution in [3.05, 3.63) is 34.6 Å². The number of rotatable bonds is 2. The minimum absolute atomic E-state index is 0.0694. The average molecular weight is 248 g/mol. The monoisotopic (exact) mass is 248 g/mol. The summed E-state index contributed by atoms with van der Waals surface area (Å²) < 4.78 is 1.72. The zero-order chi connectivity index (χ0) is 12.6. The van der Waals surface area contributed by atoms with Crippen molar-refractivity contribution < 1.29 is 0 Å². The lowest BCUT2D eigenvalue weighted by molar-refractivity contribution is 0.871. The summed E-state index contributed by atoms with van der Waals surface area (Å²) in [6, 6.07) is 8.00. The number of para-hydroxylation sites is 1. The summed E-state index contributed by atoms with van der Waals surface area (Å²) in [7, 11) is 5.77. The Morgan fingerprint density at radius 3 is 2.47 bits per heavy atom. The minimum Gasteiger partial charge on any atom is -0.376 e. The maximum atomic E-state index is 12.3. The van der Waals surface area contributed by atoms with Crippen LogP contribution in [-0.4, -0.2) is 24.9 Å². The molecule has 0 saturated heterocycles. The van der Waals surface area contributed by atoms with Crippen LogP contribution in [0, 0.1) is 0 Å². The van der Waals surface area contributed by atoms with Crippen LogP contribution in [-0.2, 0) is 7.05 Å². The van der Waals surface area contributed by atoms with Gasteiger partial charge in [-0.3, -0.25) is 4.79 Å². The fraction of sp³-hybridized carbons (Fsp3) is 0.308. The molecule has 0 fully saturated rings. The highest BCUT2D eigenvalue weighted by atomic mass is 32.2. The van der Waals surface area contributed by atoms with Crippen LogP contribution in [0.1, 0.15) is 0 Å². The van der Waals surface area contributed by atoms with Crippen LogP contribution in [0.2, 0.25) is 0 Å². The van der Waals surface area contributed by atoms with E-state index >= 15 is 0 Å². The molecule has 0 bridgehead atoms. The predicted molar refractivity (Wildman–Crippen MR) is 75.3 cm³/mol. The topological polar surface area (TPSA) is 25.2 Å². The number of fused-ring (bicyclic) bond motifs is 1. The number of hydrogen-bond acceptors (Lipinski definition) is 3. The van der Waals surface area contributed by atoms with E-state index in [1.165, 1.54) is 11.8 Å². The normalized spacial score (nSPS) is 10.8. The molecule has 0 aliphatic rings. The van der Waals surface area contributed by atoms with Gasteiger partial charge in [0.15, 0.2) is 0 Å². The molecular weight excluding hydrogens is 232 g/mol. The molecule has 1 heterocycles. The van der Waals surface area contributed by atoms with Crippen molar-refractivity contribution in [1.29, 1.82) is 0 Å². The van der Waals surface area contributed by atoms with Crippen molar-refractivity contribution in [3.63, 3.8) is 0 Å². The van der Waals surface area contributed by atoms with Crippen molar-refractivity contribution >= 4 is 28.4 Å². The lowest BCUT2D eigenvalue weighted by Gasteiger charge is -2.20. The summed E-state index contributed by atoms with van der Waals surface area (Å²) in [5.74, 6) is 0. The molecule has 90 valence electrons. The second-order valence-corrected chi connectivity index (χ2v) is 4.97. The molecule has 0 radical (unpaired) electrons. The molecule has 4 heteroatoms. The molecule has 0 aliphatic heterocycles. The molecule has 2 rings (SSSR count). The van der Waals surface area contributed by atoms with Crippen molar-refractivity contribution in [1.82, 2.24) is 4.57 Å². The summed E-state index contributed by atoms with van der Waals surface area (Å²) in [5, 5.41) is 1.11. The van der Waals surface area contributed by atoms with E-state index in [4.69, 9.17) is 0 Å². The lowest BCUT2D eigenvalue weighted by atomic mass is 10.1. The summed E-state index contributed by atoms with van der Waals surface area (Å²) in [4.78, 5) is 15.1. The Morgan fingerprint density at radius 2 is 1.88 bits per heavy atom. The summed E-state index contributed by atoms with van der Waals surface area (Å²) in [6.45, 7) is 0. The molecule has 0 aliphatic carbocycles. The first-order chi connectivity index (χ1) is 8.07. The SMILES string of the molecule is CSc1c(N(C)C)c2ccccc2n(C)c1=O. The van der Waals surface area contributed by atoms with E-state index in [0.29, 0.717) is 0 Å². The van der Waals surface area contributed by atoms with Crippen LogP contribution in [0.5, 0.6) is 0 Å². The van der Waals surface area contributed by atoms with E-state index < -0.39 is 0 Å². The molecule has 17 heavy (non-hydrogen) atoms. The maximum absolute atomic E-state index is 12.3. The minimum atomic E-state index is 0.0694. The Hall–Kier alpha value is -1.42. The molecule has 0 saturated carbocycles. The molecule has 2 aromatic rings. The van der Waals surface area contributed by atoms with Crippen LogP contribution in [0.4, 0.5) is 5.69 Å². The number of aromatic nitrogens is 1. The molecule has 1 aromatic carbocycles. The number of hydrogen-bond donors (Lipinski definition) is 0. The van der Waals surface area contributed by atoms with Gasteiger partial charge in [-0.2, -0.15) is 0 Å². The molecule has 0 unspecified atom stereocenters. The Balaban J connectivity index is 3.02. The van der Waals surface area contributed by atoms with Gasteiger partial charge in [0.1, 0.15) is 0 Å². The Labute approximate surface area is 105 Å². The van der Waals surface area contributed by atoms with E-state index in [9.17, 15) is 4.79 Å². The fourth-order valence-electron chi connectivity index (χ4n) is 2.08. The van der Waals surface area contributed by atoms with E-state index in [1.54, 1.807) is 4.57 Å². The summed E-state index contributed by atoms with van der Waals surface area (Å²) >= 11 is 1.50. The van der Waals surface area contributed by atoms with Crippen LogP contribution in [0.15, 0.2) is 34.0 Å². The molecule has 0 amide bonds. The van der Waals surface area contributed by atoms with Gasteiger partial charge in [0.25, 0.3) is 5.56 Å². The number of pyridine rings is 1. The number of aryl methyl sites for hydroxylation is 1. The predicted octanol–water partition coefficient (Wildman–Crippen LogP) is 2.33. The van der Waals surface area contributed by atoms with Crippen LogP contribution >= 0.6 is 11.8 Å². The number of thioether (sulfide) groups is 1. The van der Waals surface area contributed by atoms with Crippen molar-refractivity contribution in [2.75, 3.05) is 25.3 Å². The third-order valence-electron chi connectivity index (χ3n) is 2.89. The Morgan fingerprint density at radius 1 is 1.24 bits per heavy atom. The van der Waals surface area contributed by atoms with Crippen LogP contribution < -0.4 is 10.5 Å². The zero-order valence-electron chi connectivity index (χ0n) is 10.5. The third kappa shape index (κ3) is 1.82. The Bertz CT molecular complexity index is 617. The molecule has 0 spiro atoms. The lowest BCUT2D eigenvalue weighted by Crippen LogP contribution is -2.23. The first kappa shape index (κ1) is 12.0. The van der Waals surface area contributed by atoms with Gasteiger partial charge < -0.3 is 9.47 Å². The standard InChI is InChI=1S/C13H16N2OS/c1-14(2)11-9-7-5-6-8-10(9)15(3)13(16)12(11)17-4/h5-8H,1-4H3.